The second kappa shape index (κ2) is 12.4. The van der Waals surface area contributed by atoms with Crippen LogP contribution in [0, 0.1) is 0 Å². The number of nitrogens with zero attached hydrogens (tertiary/aromatic N) is 4. The minimum absolute atomic E-state index is 0.163. The summed E-state index contributed by atoms with van der Waals surface area (Å²) in [5.74, 6) is 0.814. The quantitative estimate of drug-likeness (QED) is 0.184. The van der Waals surface area contributed by atoms with Gasteiger partial charge in [-0.25, -0.2) is 15.0 Å². The van der Waals surface area contributed by atoms with E-state index in [0.29, 0.717) is 0 Å². The van der Waals surface area contributed by atoms with Crippen molar-refractivity contribution >= 4 is 82.2 Å². The van der Waals surface area contributed by atoms with E-state index in [1.165, 1.54) is 48.7 Å². The number of nitrogens with one attached hydrogen (secondary N) is 1. The standard InChI is InChI=1S/C52H33N5/c1-3-18-36-32(14-1)29-44(40-22-7-5-20-38(36)40)46-31-47(45-30-33-15-2-4-19-37(33)39-21-6-8-23-41(39)45)54-51(53-46)35-17-13-16-34(28-35)49-42-24-9-10-25-43(42)50-52(56-49)57-27-12-11-26-48(57)55-50/h1-31,46H,(H,53,54). The van der Waals surface area contributed by atoms with Crippen LogP contribution in [0.25, 0.3) is 87.6 Å². The van der Waals surface area contributed by atoms with Crippen molar-refractivity contribution in [1.82, 2.24) is 19.7 Å². The van der Waals surface area contributed by atoms with Gasteiger partial charge in [0.15, 0.2) is 5.65 Å². The molecule has 1 aliphatic heterocycles. The number of amidine groups is 1. The highest BCUT2D eigenvalue weighted by Gasteiger charge is 2.24. The van der Waals surface area contributed by atoms with Crippen LogP contribution in [0.15, 0.2) is 193 Å². The first kappa shape index (κ1) is 31.7. The van der Waals surface area contributed by atoms with Crippen molar-refractivity contribution in [3.63, 3.8) is 0 Å². The summed E-state index contributed by atoms with van der Waals surface area (Å²) >= 11 is 0. The largest absolute Gasteiger partial charge is 0.359 e. The van der Waals surface area contributed by atoms with Gasteiger partial charge in [0.1, 0.15) is 17.0 Å². The van der Waals surface area contributed by atoms with Crippen molar-refractivity contribution in [1.29, 1.82) is 0 Å². The van der Waals surface area contributed by atoms with Crippen molar-refractivity contribution in [2.75, 3.05) is 0 Å². The number of aromatic nitrogens is 3. The Kier molecular flexibility index (Phi) is 6.92. The summed E-state index contributed by atoms with van der Waals surface area (Å²) in [7, 11) is 0. The number of benzene rings is 8. The van der Waals surface area contributed by atoms with Gasteiger partial charge >= 0.3 is 0 Å². The van der Waals surface area contributed by atoms with Crippen LogP contribution in [-0.4, -0.2) is 20.2 Å². The van der Waals surface area contributed by atoms with Gasteiger partial charge in [-0.05, 0) is 85.1 Å². The lowest BCUT2D eigenvalue weighted by Gasteiger charge is -2.27. The summed E-state index contributed by atoms with van der Waals surface area (Å²) in [6.45, 7) is 0. The molecule has 0 bridgehead atoms. The molecule has 1 unspecified atom stereocenters. The van der Waals surface area contributed by atoms with Crippen LogP contribution in [0.3, 0.4) is 0 Å². The molecule has 0 aliphatic carbocycles. The smallest absolute Gasteiger partial charge is 0.165 e. The predicted octanol–water partition coefficient (Wildman–Crippen LogP) is 12.4. The Morgan fingerprint density at radius 1 is 0.474 bits per heavy atom. The maximum Gasteiger partial charge on any atom is 0.165 e. The summed E-state index contributed by atoms with van der Waals surface area (Å²) in [4.78, 5) is 15.8. The van der Waals surface area contributed by atoms with Gasteiger partial charge in [-0.3, -0.25) is 4.40 Å². The van der Waals surface area contributed by atoms with Gasteiger partial charge in [-0.2, -0.15) is 0 Å². The maximum absolute atomic E-state index is 5.51. The van der Waals surface area contributed by atoms with Crippen LogP contribution in [0.5, 0.6) is 0 Å². The zero-order valence-corrected chi connectivity index (χ0v) is 30.8. The molecule has 5 heteroatoms. The predicted molar refractivity (Wildman–Crippen MR) is 237 cm³/mol. The number of fused-ring (bicyclic) bond motifs is 11. The van der Waals surface area contributed by atoms with Crippen molar-refractivity contribution < 1.29 is 0 Å². The molecular weight excluding hydrogens is 695 g/mol. The molecule has 0 saturated carbocycles. The van der Waals surface area contributed by atoms with Crippen LogP contribution in [0.4, 0.5) is 0 Å². The van der Waals surface area contributed by atoms with Crippen LogP contribution in [0.2, 0.25) is 0 Å². The molecule has 0 fully saturated rings. The number of imidazole rings is 1. The molecule has 57 heavy (non-hydrogen) atoms. The maximum atomic E-state index is 5.51. The Morgan fingerprint density at radius 2 is 1.09 bits per heavy atom. The van der Waals surface area contributed by atoms with Crippen molar-refractivity contribution in [2.45, 2.75) is 6.04 Å². The van der Waals surface area contributed by atoms with E-state index in [4.69, 9.17) is 15.0 Å². The number of hydrogen-bond acceptors (Lipinski definition) is 4. The van der Waals surface area contributed by atoms with E-state index < -0.39 is 0 Å². The number of pyridine rings is 2. The lowest BCUT2D eigenvalue weighted by atomic mass is 9.90. The third-order valence-corrected chi connectivity index (χ3v) is 11.6. The fourth-order valence-electron chi connectivity index (χ4n) is 8.98. The molecule has 0 spiro atoms. The number of rotatable bonds is 4. The minimum atomic E-state index is -0.163. The van der Waals surface area contributed by atoms with Gasteiger partial charge in [0, 0.05) is 33.7 Å². The number of aliphatic imine (C=N–C) groups is 1. The zero-order chi connectivity index (χ0) is 37.5. The molecule has 12 rings (SSSR count). The molecule has 8 aromatic carbocycles. The lowest BCUT2D eigenvalue weighted by molar-refractivity contribution is 0.788. The highest BCUT2D eigenvalue weighted by atomic mass is 15.1. The summed E-state index contributed by atoms with van der Waals surface area (Å²) in [5.41, 5.74) is 8.80. The average Bonchev–Trinajstić information content (AvgIpc) is 3.67. The second-order valence-corrected chi connectivity index (χ2v) is 14.9. The third kappa shape index (κ3) is 4.99. The molecule has 1 N–H and O–H groups in total. The summed E-state index contributed by atoms with van der Waals surface area (Å²) in [5, 5.41) is 15.8. The molecule has 4 heterocycles. The van der Waals surface area contributed by atoms with Crippen molar-refractivity contribution in [3.8, 4) is 11.3 Å². The first-order valence-corrected chi connectivity index (χ1v) is 19.4. The van der Waals surface area contributed by atoms with Crippen molar-refractivity contribution in [2.24, 2.45) is 4.99 Å². The van der Waals surface area contributed by atoms with Crippen LogP contribution < -0.4 is 5.32 Å². The van der Waals surface area contributed by atoms with E-state index in [0.717, 1.165) is 61.5 Å². The average molecular weight is 728 g/mol. The van der Waals surface area contributed by atoms with Gasteiger partial charge < -0.3 is 5.32 Å². The summed E-state index contributed by atoms with van der Waals surface area (Å²) < 4.78 is 2.07. The van der Waals surface area contributed by atoms with Gasteiger partial charge in [-0.1, -0.05) is 146 Å². The lowest BCUT2D eigenvalue weighted by Crippen LogP contribution is -2.31. The fraction of sp³-hybridized carbons (Fsp3) is 0.0192. The van der Waals surface area contributed by atoms with E-state index in [1.807, 2.05) is 24.4 Å². The van der Waals surface area contributed by atoms with E-state index in [2.05, 4.69) is 174 Å². The van der Waals surface area contributed by atoms with Gasteiger partial charge in [0.25, 0.3) is 0 Å². The van der Waals surface area contributed by atoms with Crippen LogP contribution >= 0.6 is 0 Å². The summed E-state index contributed by atoms with van der Waals surface area (Å²) in [6.07, 6.45) is 4.35. The van der Waals surface area contributed by atoms with Gasteiger partial charge in [0.2, 0.25) is 0 Å². The number of hydrogen-bond donors (Lipinski definition) is 1. The highest BCUT2D eigenvalue weighted by molar-refractivity contribution is 6.15. The monoisotopic (exact) mass is 727 g/mol. The zero-order valence-electron chi connectivity index (χ0n) is 30.8. The van der Waals surface area contributed by atoms with E-state index in [-0.39, 0.29) is 6.04 Å². The van der Waals surface area contributed by atoms with Crippen LogP contribution in [-0.2, 0) is 0 Å². The molecule has 0 amide bonds. The molecule has 1 atom stereocenters. The normalized spacial score (nSPS) is 14.5. The molecule has 0 saturated heterocycles. The van der Waals surface area contributed by atoms with Gasteiger partial charge in [-0.15, -0.1) is 0 Å². The molecule has 3 aromatic heterocycles. The fourth-order valence-corrected chi connectivity index (χ4v) is 8.98. The van der Waals surface area contributed by atoms with E-state index in [1.54, 1.807) is 0 Å². The topological polar surface area (TPSA) is 54.6 Å². The van der Waals surface area contributed by atoms with Crippen molar-refractivity contribution in [3.05, 3.63) is 205 Å². The first-order valence-electron chi connectivity index (χ1n) is 19.4. The second-order valence-electron chi connectivity index (χ2n) is 14.9. The highest BCUT2D eigenvalue weighted by Crippen LogP contribution is 2.40. The molecule has 266 valence electrons. The molecule has 0 radical (unpaired) electrons. The SMILES string of the molecule is C1=C(c2cc3ccccc3c3ccccc23)N=C(c2cccc(-c3nc4c(nc5ccccn54)c4ccccc34)c2)NC1c1cc2ccccc2c2ccccc12. The Morgan fingerprint density at radius 3 is 1.88 bits per heavy atom. The summed E-state index contributed by atoms with van der Waals surface area (Å²) in [6, 6.07) is 62.5. The Balaban J connectivity index is 1.08. The van der Waals surface area contributed by atoms with Crippen LogP contribution in [0.1, 0.15) is 22.7 Å². The Bertz CT molecular complexity index is 3520. The van der Waals surface area contributed by atoms with E-state index >= 15 is 0 Å². The molecule has 5 nitrogen and oxygen atoms in total. The third-order valence-electron chi connectivity index (χ3n) is 11.6. The Hall–Kier alpha value is -7.63. The van der Waals surface area contributed by atoms with E-state index in [9.17, 15) is 0 Å². The molecule has 1 aliphatic rings. The van der Waals surface area contributed by atoms with Gasteiger partial charge in [0.05, 0.1) is 17.4 Å². The minimum Gasteiger partial charge on any atom is -0.359 e. The Labute approximate surface area is 327 Å². The molecule has 11 aromatic rings. The first-order chi connectivity index (χ1) is 28.2. The molecular formula is C52H33N5.